The highest BCUT2D eigenvalue weighted by molar-refractivity contribution is 7.09. The zero-order valence-electron chi connectivity index (χ0n) is 10.4. The van der Waals surface area contributed by atoms with E-state index in [1.807, 2.05) is 12.3 Å². The number of carbonyl (C=O) groups excluding carboxylic acids is 1. The molecule has 1 amide bonds. The number of nitrogens with zero attached hydrogens (tertiary/aromatic N) is 2. The molecule has 1 aromatic rings. The molecule has 0 radical (unpaired) electrons. The van der Waals surface area contributed by atoms with Crippen LogP contribution >= 0.6 is 11.3 Å². The molecular weight excluding hydrogens is 268 g/mol. The van der Waals surface area contributed by atoms with Gasteiger partial charge in [-0.05, 0) is 13.0 Å². The van der Waals surface area contributed by atoms with E-state index in [9.17, 15) is 9.59 Å². The number of carbonyl (C=O) groups is 2. The molecule has 1 aliphatic rings. The van der Waals surface area contributed by atoms with E-state index in [1.54, 1.807) is 6.08 Å². The lowest BCUT2D eigenvalue weighted by molar-refractivity contribution is -0.156. The third-order valence-corrected chi connectivity index (χ3v) is 3.52. The number of hydrogen-bond acceptors (Lipinski definition) is 5. The second-order valence-electron chi connectivity index (χ2n) is 4.09. The minimum absolute atomic E-state index is 0.0325. The molecule has 6 nitrogen and oxygen atoms in total. The summed E-state index contributed by atoms with van der Waals surface area (Å²) in [6.45, 7) is 2.56. The largest absolute Gasteiger partial charge is 0.480 e. The molecule has 0 unspecified atom stereocenters. The van der Waals surface area contributed by atoms with Gasteiger partial charge >= 0.3 is 5.97 Å². The molecule has 1 saturated heterocycles. The lowest BCUT2D eigenvalue weighted by Gasteiger charge is -2.31. The number of carboxylic acids is 1. The van der Waals surface area contributed by atoms with Crippen molar-refractivity contribution in [3.63, 3.8) is 0 Å². The first-order valence-electron chi connectivity index (χ1n) is 5.79. The molecule has 1 aliphatic heterocycles. The molecule has 7 heteroatoms. The van der Waals surface area contributed by atoms with Gasteiger partial charge in [0.2, 0.25) is 5.91 Å². The Kier molecular flexibility index (Phi) is 4.28. The summed E-state index contributed by atoms with van der Waals surface area (Å²) in [5.74, 6) is -1.38. The van der Waals surface area contributed by atoms with E-state index in [0.29, 0.717) is 12.3 Å². The maximum absolute atomic E-state index is 12.0. The van der Waals surface area contributed by atoms with E-state index in [2.05, 4.69) is 4.98 Å². The number of aryl methyl sites for hydroxylation is 1. The van der Waals surface area contributed by atoms with Crippen LogP contribution in [0.5, 0.6) is 0 Å². The molecule has 0 bridgehead atoms. The SMILES string of the molecule is Cc1nc(/C=C/C(=O)N2CCOC[C@@H]2C(=O)O)cs1. The normalized spacial score (nSPS) is 19.8. The molecule has 2 heterocycles. The fourth-order valence-electron chi connectivity index (χ4n) is 1.78. The Hall–Kier alpha value is -1.73. The van der Waals surface area contributed by atoms with Crippen LogP contribution in [0.2, 0.25) is 0 Å². The molecule has 1 atom stereocenters. The van der Waals surface area contributed by atoms with E-state index < -0.39 is 12.0 Å². The van der Waals surface area contributed by atoms with Gasteiger partial charge in [0.1, 0.15) is 0 Å². The highest BCUT2D eigenvalue weighted by Crippen LogP contribution is 2.11. The van der Waals surface area contributed by atoms with E-state index in [4.69, 9.17) is 9.84 Å². The van der Waals surface area contributed by atoms with Gasteiger partial charge in [0, 0.05) is 18.0 Å². The summed E-state index contributed by atoms with van der Waals surface area (Å²) >= 11 is 1.50. The molecule has 1 fully saturated rings. The van der Waals surface area contributed by atoms with Crippen molar-refractivity contribution in [3.05, 3.63) is 22.2 Å². The first-order valence-corrected chi connectivity index (χ1v) is 6.67. The second kappa shape index (κ2) is 5.94. The van der Waals surface area contributed by atoms with Gasteiger partial charge in [-0.2, -0.15) is 0 Å². The van der Waals surface area contributed by atoms with Crippen LogP contribution in [0, 0.1) is 6.92 Å². The molecule has 0 aromatic carbocycles. The zero-order valence-corrected chi connectivity index (χ0v) is 11.2. The molecule has 1 aromatic heterocycles. The quantitative estimate of drug-likeness (QED) is 0.829. The Bertz CT molecular complexity index is 512. The second-order valence-corrected chi connectivity index (χ2v) is 5.15. The van der Waals surface area contributed by atoms with Gasteiger partial charge < -0.3 is 14.7 Å². The highest BCUT2D eigenvalue weighted by Gasteiger charge is 2.31. The minimum Gasteiger partial charge on any atom is -0.480 e. The Morgan fingerprint density at radius 3 is 3.05 bits per heavy atom. The number of amides is 1. The maximum Gasteiger partial charge on any atom is 0.328 e. The minimum atomic E-state index is -1.05. The molecule has 102 valence electrons. The number of morpholine rings is 1. The predicted octanol–water partition coefficient (Wildman–Crippen LogP) is 0.777. The van der Waals surface area contributed by atoms with Crippen LogP contribution in [0.25, 0.3) is 6.08 Å². The molecule has 0 aliphatic carbocycles. The lowest BCUT2D eigenvalue weighted by atomic mass is 10.2. The monoisotopic (exact) mass is 282 g/mol. The van der Waals surface area contributed by atoms with E-state index in [1.165, 1.54) is 22.3 Å². The van der Waals surface area contributed by atoms with Gasteiger partial charge in [-0.25, -0.2) is 9.78 Å². The zero-order chi connectivity index (χ0) is 13.8. The van der Waals surface area contributed by atoms with Crippen molar-refractivity contribution < 1.29 is 19.4 Å². The van der Waals surface area contributed by atoms with Crippen LogP contribution in [-0.4, -0.2) is 52.7 Å². The average Bonchev–Trinajstić information content (AvgIpc) is 2.81. The number of aliphatic carboxylic acids is 1. The van der Waals surface area contributed by atoms with Gasteiger partial charge in [-0.1, -0.05) is 0 Å². The fourth-order valence-corrected chi connectivity index (χ4v) is 2.36. The molecule has 2 rings (SSSR count). The Labute approximate surface area is 114 Å². The van der Waals surface area contributed by atoms with Crippen molar-refractivity contribution in [3.8, 4) is 0 Å². The first-order chi connectivity index (χ1) is 9.08. The van der Waals surface area contributed by atoms with Gasteiger partial charge in [-0.15, -0.1) is 11.3 Å². The smallest absolute Gasteiger partial charge is 0.328 e. The van der Waals surface area contributed by atoms with Crippen LogP contribution in [0.1, 0.15) is 10.7 Å². The van der Waals surface area contributed by atoms with Crippen molar-refractivity contribution in [1.29, 1.82) is 0 Å². The molecule has 0 saturated carbocycles. The Balaban J connectivity index is 2.05. The lowest BCUT2D eigenvalue weighted by Crippen LogP contribution is -2.52. The summed E-state index contributed by atoms with van der Waals surface area (Å²) in [5, 5.41) is 11.8. The summed E-state index contributed by atoms with van der Waals surface area (Å²) in [4.78, 5) is 28.5. The van der Waals surface area contributed by atoms with Crippen molar-refractivity contribution in [1.82, 2.24) is 9.88 Å². The standard InChI is InChI=1S/C12H14N2O4S/c1-8-13-9(7-19-8)2-3-11(15)14-4-5-18-6-10(14)12(16)17/h2-3,7,10H,4-6H2,1H3,(H,16,17)/b3-2+/t10-/m1/s1. The van der Waals surface area contributed by atoms with Gasteiger partial charge in [0.25, 0.3) is 0 Å². The Morgan fingerprint density at radius 1 is 1.63 bits per heavy atom. The van der Waals surface area contributed by atoms with Crippen LogP contribution in [0.3, 0.4) is 0 Å². The number of hydrogen-bond donors (Lipinski definition) is 1. The van der Waals surface area contributed by atoms with Crippen molar-refractivity contribution in [2.24, 2.45) is 0 Å². The van der Waals surface area contributed by atoms with Gasteiger partial charge in [0.05, 0.1) is 23.9 Å². The Morgan fingerprint density at radius 2 is 2.42 bits per heavy atom. The molecule has 1 N–H and O–H groups in total. The third-order valence-electron chi connectivity index (χ3n) is 2.73. The summed E-state index contributed by atoms with van der Waals surface area (Å²) < 4.78 is 5.08. The van der Waals surface area contributed by atoms with Crippen LogP contribution in [0.4, 0.5) is 0 Å². The first kappa shape index (κ1) is 13.7. The van der Waals surface area contributed by atoms with Crippen LogP contribution in [0.15, 0.2) is 11.5 Å². The van der Waals surface area contributed by atoms with Gasteiger partial charge in [0.15, 0.2) is 6.04 Å². The van der Waals surface area contributed by atoms with Crippen molar-refractivity contribution in [2.75, 3.05) is 19.8 Å². The molecular formula is C12H14N2O4S. The van der Waals surface area contributed by atoms with E-state index in [0.717, 1.165) is 5.01 Å². The summed E-state index contributed by atoms with van der Waals surface area (Å²) in [5.41, 5.74) is 0.705. The highest BCUT2D eigenvalue weighted by atomic mass is 32.1. The number of aromatic nitrogens is 1. The summed E-state index contributed by atoms with van der Waals surface area (Å²) in [6.07, 6.45) is 2.95. The molecule has 19 heavy (non-hydrogen) atoms. The number of thiazole rings is 1. The maximum atomic E-state index is 12.0. The van der Waals surface area contributed by atoms with Crippen LogP contribution < -0.4 is 0 Å². The summed E-state index contributed by atoms with van der Waals surface area (Å²) in [7, 11) is 0. The van der Waals surface area contributed by atoms with E-state index >= 15 is 0 Å². The molecule has 0 spiro atoms. The summed E-state index contributed by atoms with van der Waals surface area (Å²) in [6, 6.07) is -0.914. The van der Waals surface area contributed by atoms with Crippen molar-refractivity contribution >= 4 is 29.3 Å². The van der Waals surface area contributed by atoms with E-state index in [-0.39, 0.29) is 19.1 Å². The topological polar surface area (TPSA) is 79.7 Å². The number of ether oxygens (including phenoxy) is 1. The van der Waals surface area contributed by atoms with Gasteiger partial charge in [-0.3, -0.25) is 4.79 Å². The average molecular weight is 282 g/mol. The van der Waals surface area contributed by atoms with Crippen LogP contribution in [-0.2, 0) is 14.3 Å². The third kappa shape index (κ3) is 3.39. The predicted molar refractivity (Wildman–Crippen MR) is 69.8 cm³/mol. The number of rotatable bonds is 3. The number of carboxylic acid groups (broad SMARTS) is 1. The fraction of sp³-hybridized carbons (Fsp3) is 0.417. The van der Waals surface area contributed by atoms with Crippen molar-refractivity contribution in [2.45, 2.75) is 13.0 Å².